The standard InChI is InChI=1S/C41H44FN3O6.C40H42FN3O6.C35H34FN3O6/c1-25-37(39(40(46)47-5)51-41(2,3)4)38-28-13-16-33-31(22-28)34(17-20-50-33)48-18-8-6-7-9-19-49-35-23-29(42)14-15-30(35)26-11-10-12-27(21-26)32-24-36(43-25)45(38)44-32;1-24-36(38(39(45)46)50-40(2,3)4)37-27-12-15-32-30(21-27)33(16-19-49-32)47-17-7-5-6-8-18-48-34-22-28(41)13-14-29(34)25-10-9-11-26(20-25)31-23-35(42-24)44(37)43-31;1-19-31(33(34(42)43-5)45-35(2,3)4)32(22-9-12-29-25(16-22)27(40)13-14-44-29)39-30(37-19)18-26(38-39)21-8-6-7-20(15-21)24-11-10-23(36)17-28(24)41/h10-16,21-24,34,39H,6-9,17-20H2,1-5H3;9-15,20-23,33,38H,5-8,16-19H2,1-4H3,(H,45,46);6-12,15-18,27,33,40-41H,13-14H2,1-5H3/t34?,39-;33?,38-;27?,33-/m000/s1. The second-order valence-corrected chi connectivity index (χ2v) is 40.1. The number of aryl methyl sites for hydroxylation is 3. The van der Waals surface area contributed by atoms with E-state index in [-0.39, 0.29) is 29.6 Å². The van der Waals surface area contributed by atoms with Gasteiger partial charge in [0.2, 0.25) is 0 Å². The maximum atomic E-state index is 14.4. The number of fused-ring (bicyclic) bond motifs is 18. The number of nitrogens with zero attached hydrogens (tertiary/aromatic N) is 9. The Bertz CT molecular complexity index is 7420. The van der Waals surface area contributed by atoms with Gasteiger partial charge in [-0.3, -0.25) is 0 Å². The molecule has 27 nitrogen and oxygen atoms in total. The summed E-state index contributed by atoms with van der Waals surface area (Å²) in [5.41, 5.74) is 17.9. The number of carboxylic acids is 1. The molecule has 0 saturated heterocycles. The number of aliphatic hydroxyl groups excluding tert-OH is 1. The molecular weight excluding hydrogens is 1860 g/mol. The molecule has 9 aromatic carbocycles. The molecule has 3 unspecified atom stereocenters. The lowest BCUT2D eigenvalue weighted by atomic mass is 9.94. The zero-order chi connectivity index (χ0) is 103. The molecule has 146 heavy (non-hydrogen) atoms. The normalized spacial score (nSPS) is 16.6. The maximum absolute atomic E-state index is 14.4. The van der Waals surface area contributed by atoms with Crippen molar-refractivity contribution in [1.29, 1.82) is 0 Å². The molecule has 0 fully saturated rings. The molecule has 11 heterocycles. The van der Waals surface area contributed by atoms with Gasteiger partial charge in [-0.05, 0) is 247 Å². The van der Waals surface area contributed by atoms with Crippen LogP contribution in [0.1, 0.15) is 220 Å². The first-order valence-electron chi connectivity index (χ1n) is 49.6. The summed E-state index contributed by atoms with van der Waals surface area (Å²) in [4.78, 5) is 54.4. The van der Waals surface area contributed by atoms with Gasteiger partial charge in [0.25, 0.3) is 0 Å². The van der Waals surface area contributed by atoms with E-state index in [4.69, 9.17) is 87.1 Å². The van der Waals surface area contributed by atoms with Crippen LogP contribution in [-0.2, 0) is 47.5 Å². The molecule has 6 atom stereocenters. The van der Waals surface area contributed by atoms with Crippen molar-refractivity contribution in [3.05, 3.63) is 268 Å². The fraction of sp³-hybridized carbons (Fsp3) is 0.353. The predicted octanol–water partition coefficient (Wildman–Crippen LogP) is 24.6. The minimum Gasteiger partial charge on any atom is -0.507 e. The fourth-order valence-electron chi connectivity index (χ4n) is 19.4. The Morgan fingerprint density at radius 1 is 0.363 bits per heavy atom. The van der Waals surface area contributed by atoms with Crippen LogP contribution in [-0.4, -0.2) is 154 Å². The smallest absolute Gasteiger partial charge is 0.339 e. The predicted molar refractivity (Wildman–Crippen MR) is 547 cm³/mol. The molecule has 0 radical (unpaired) electrons. The van der Waals surface area contributed by atoms with Crippen LogP contribution in [0.3, 0.4) is 0 Å². The third-order valence-electron chi connectivity index (χ3n) is 26.1. The summed E-state index contributed by atoms with van der Waals surface area (Å²) in [6, 6.07) is 59.5. The van der Waals surface area contributed by atoms with Crippen molar-refractivity contribution in [2.45, 2.75) is 207 Å². The Morgan fingerprint density at radius 2 is 0.692 bits per heavy atom. The van der Waals surface area contributed by atoms with E-state index in [0.717, 1.165) is 137 Å². The van der Waals surface area contributed by atoms with Crippen molar-refractivity contribution in [3.63, 3.8) is 0 Å². The number of carboxylic acid groups (broad SMARTS) is 1. The van der Waals surface area contributed by atoms with Crippen molar-refractivity contribution in [2.24, 2.45) is 0 Å². The minimum atomic E-state index is -1.32. The number of hydrogen-bond acceptors (Lipinski definition) is 23. The number of hydrogen-bond donors (Lipinski definition) is 3. The second-order valence-electron chi connectivity index (χ2n) is 40.1. The van der Waals surface area contributed by atoms with Gasteiger partial charge < -0.3 is 72.2 Å². The number of aliphatic hydroxyl groups is 1. The molecule has 0 amide bonds. The summed E-state index contributed by atoms with van der Waals surface area (Å²) in [5, 5.41) is 46.9. The van der Waals surface area contributed by atoms with Gasteiger partial charge in [-0.1, -0.05) is 67.4 Å². The van der Waals surface area contributed by atoms with Crippen molar-refractivity contribution < 1.29 is 99.7 Å². The Hall–Kier alpha value is -14.4. The highest BCUT2D eigenvalue weighted by Gasteiger charge is 2.40. The molecule has 6 aromatic heterocycles. The lowest BCUT2D eigenvalue weighted by Gasteiger charge is -2.29. The Balaban J connectivity index is 0.000000144. The number of carbonyl (C=O) groups is 3. The zero-order valence-corrected chi connectivity index (χ0v) is 84.4. The van der Waals surface area contributed by atoms with Gasteiger partial charge >= 0.3 is 17.9 Å². The van der Waals surface area contributed by atoms with Crippen LogP contribution < -0.4 is 23.7 Å². The topological polar surface area (TPSA) is 313 Å². The molecule has 5 aliphatic heterocycles. The van der Waals surface area contributed by atoms with E-state index >= 15 is 0 Å². The first-order valence-corrected chi connectivity index (χ1v) is 49.6. The SMILES string of the molecule is COC(=O)[C@@H](OC(C)(C)C)c1c(C)nc2cc(-c3cccc(-c4ccc(F)cc4O)c3)nn2c1-c1ccc2c(c1)C(O)CCO2.COC(=O)[C@@H](OC(C)(C)C)c1c(C)nc2cc3nn2c1-c1ccc2c(c1)C(CCO2)OCCCCCCOc1cc(F)ccc1-c1cccc-3c1.Cc1nc2cc3nn2c(c1[C@H](OC(C)(C)C)C(=O)O)-c1ccc2c(c1)C(CCO2)OCCCCCCOc1cc(F)ccc1-c1cccc-3c1. The number of halogens is 3. The maximum Gasteiger partial charge on any atom is 0.339 e. The Morgan fingerprint density at radius 3 is 1.07 bits per heavy atom. The number of ether oxygens (including phenoxy) is 12. The van der Waals surface area contributed by atoms with Crippen LogP contribution in [0.15, 0.2) is 200 Å². The number of benzene rings is 9. The van der Waals surface area contributed by atoms with Gasteiger partial charge in [0.15, 0.2) is 35.3 Å². The first-order chi connectivity index (χ1) is 70.1. The van der Waals surface area contributed by atoms with Crippen LogP contribution >= 0.6 is 0 Å². The number of carbonyl (C=O) groups excluding carboxylic acids is 2. The molecule has 30 heteroatoms. The van der Waals surface area contributed by atoms with Crippen LogP contribution in [0, 0.1) is 38.2 Å². The van der Waals surface area contributed by atoms with Crippen molar-refractivity contribution in [2.75, 3.05) is 60.5 Å². The zero-order valence-electron chi connectivity index (χ0n) is 84.4. The van der Waals surface area contributed by atoms with Gasteiger partial charge in [-0.15, -0.1) is 0 Å². The van der Waals surface area contributed by atoms with E-state index in [1.807, 2.05) is 217 Å². The van der Waals surface area contributed by atoms with Crippen LogP contribution in [0.2, 0.25) is 0 Å². The summed E-state index contributed by atoms with van der Waals surface area (Å²) < 4.78 is 120. The minimum absolute atomic E-state index is 0.155. The molecule has 0 aliphatic carbocycles. The van der Waals surface area contributed by atoms with E-state index < -0.39 is 64.9 Å². The monoisotopic (exact) mass is 1980 g/mol. The third kappa shape index (κ3) is 22.5. The van der Waals surface area contributed by atoms with Crippen molar-refractivity contribution in [1.82, 2.24) is 43.8 Å². The number of aromatic nitrogens is 9. The molecule has 0 spiro atoms. The van der Waals surface area contributed by atoms with Crippen LogP contribution in [0.5, 0.6) is 34.5 Å². The highest BCUT2D eigenvalue weighted by atomic mass is 19.1. The van der Waals surface area contributed by atoms with Gasteiger partial charge in [0.05, 0.1) is 117 Å². The molecule has 20 rings (SSSR count). The van der Waals surface area contributed by atoms with E-state index in [9.17, 15) is 42.9 Å². The number of methoxy groups -OCH3 is 2. The van der Waals surface area contributed by atoms with E-state index in [1.165, 1.54) is 50.6 Å². The van der Waals surface area contributed by atoms with Gasteiger partial charge in [-0.2, -0.15) is 15.3 Å². The number of aromatic hydroxyl groups is 1. The van der Waals surface area contributed by atoms with Gasteiger partial charge in [0.1, 0.15) is 51.9 Å². The largest absolute Gasteiger partial charge is 0.507 e. The summed E-state index contributed by atoms with van der Waals surface area (Å²) in [5.74, 6) is -0.535. The van der Waals surface area contributed by atoms with Crippen molar-refractivity contribution in [3.8, 4) is 135 Å². The highest BCUT2D eigenvalue weighted by Crippen LogP contribution is 2.49. The molecule has 758 valence electrons. The van der Waals surface area contributed by atoms with E-state index in [1.54, 1.807) is 31.7 Å². The second kappa shape index (κ2) is 43.1. The van der Waals surface area contributed by atoms with Crippen molar-refractivity contribution >= 4 is 34.8 Å². The molecule has 3 N–H and O–H groups in total. The summed E-state index contributed by atoms with van der Waals surface area (Å²) in [7, 11) is 2.67. The number of phenols is 1. The van der Waals surface area contributed by atoms with Gasteiger partial charge in [0, 0.05) is 169 Å². The molecule has 0 saturated carbocycles. The highest BCUT2D eigenvalue weighted by molar-refractivity contribution is 5.87. The number of esters is 2. The first kappa shape index (κ1) is 102. The van der Waals surface area contributed by atoms with Gasteiger partial charge in [-0.25, -0.2) is 56.1 Å². The summed E-state index contributed by atoms with van der Waals surface area (Å²) in [6.07, 6.45) is 4.68. The third-order valence-corrected chi connectivity index (χ3v) is 26.1. The molecular formula is C116H120F3N9O18. The van der Waals surface area contributed by atoms with E-state index in [2.05, 4.69) is 6.07 Å². The van der Waals surface area contributed by atoms with Crippen LogP contribution in [0.25, 0.3) is 118 Å². The number of rotatable bonds is 12. The number of aliphatic carboxylic acids is 1. The molecule has 15 aromatic rings. The lowest BCUT2D eigenvalue weighted by Crippen LogP contribution is -2.30. The van der Waals surface area contributed by atoms with Crippen LogP contribution in [0.4, 0.5) is 13.2 Å². The fourth-order valence-corrected chi connectivity index (χ4v) is 19.4. The average Bonchev–Trinajstić information content (AvgIpc) is 1.54. The average molecular weight is 1990 g/mol. The lowest BCUT2D eigenvalue weighted by molar-refractivity contribution is -0.164. The quantitative estimate of drug-likeness (QED) is 0.0957. The number of phenolic OH excluding ortho intramolecular Hbond substituents is 1. The Labute approximate surface area is 844 Å². The molecule has 12 bridgehead atoms. The summed E-state index contributed by atoms with van der Waals surface area (Å²) in [6.45, 7) is 25.9. The van der Waals surface area contributed by atoms with E-state index in [0.29, 0.717) is 183 Å². The Kier molecular flexibility index (Phi) is 30.0. The summed E-state index contributed by atoms with van der Waals surface area (Å²) >= 11 is 0. The molecule has 5 aliphatic rings.